The molecule has 0 aliphatic carbocycles. The first-order valence-corrected chi connectivity index (χ1v) is 3.99. The third-order valence-electron chi connectivity index (χ3n) is 1.29. The molecule has 1 N–H and O–H groups in total. The van der Waals surface area contributed by atoms with Gasteiger partial charge in [0, 0.05) is 13.3 Å². The molecule has 5 heteroatoms. The molecule has 0 fully saturated rings. The lowest BCUT2D eigenvalue weighted by molar-refractivity contribution is -0.149. The standard InChI is InChI=1S/C8H13NO4/c1-3-8(12)9-4-7(5-10)13-6(2)11/h5,7H,3-4H2,1-2H3,(H,9,12). The molecule has 13 heavy (non-hydrogen) atoms. The Labute approximate surface area is 76.4 Å². The average molecular weight is 187 g/mol. The van der Waals surface area contributed by atoms with E-state index in [9.17, 15) is 14.4 Å². The van der Waals surface area contributed by atoms with Crippen LogP contribution in [0.25, 0.3) is 0 Å². The number of carbonyl (C=O) groups excluding carboxylic acids is 3. The van der Waals surface area contributed by atoms with E-state index in [1.165, 1.54) is 6.92 Å². The molecule has 1 unspecified atom stereocenters. The lowest BCUT2D eigenvalue weighted by Gasteiger charge is -2.10. The molecule has 5 nitrogen and oxygen atoms in total. The Bertz CT molecular complexity index is 202. The third kappa shape index (κ3) is 5.84. The number of rotatable bonds is 5. The SMILES string of the molecule is CCC(=O)NCC(C=O)OC(C)=O. The molecule has 0 aliphatic heterocycles. The molecule has 74 valence electrons. The van der Waals surface area contributed by atoms with Crippen LogP contribution in [0.5, 0.6) is 0 Å². The summed E-state index contributed by atoms with van der Waals surface area (Å²) in [6.45, 7) is 2.94. The lowest BCUT2D eigenvalue weighted by atomic mass is 10.3. The van der Waals surface area contributed by atoms with Crippen molar-refractivity contribution in [3.63, 3.8) is 0 Å². The van der Waals surface area contributed by atoms with E-state index in [2.05, 4.69) is 10.1 Å². The number of carbonyl (C=O) groups is 3. The molecular weight excluding hydrogens is 174 g/mol. The first-order chi connectivity index (χ1) is 6.10. The number of hydrogen-bond acceptors (Lipinski definition) is 4. The van der Waals surface area contributed by atoms with Gasteiger partial charge in [-0.15, -0.1) is 0 Å². The van der Waals surface area contributed by atoms with Gasteiger partial charge < -0.3 is 10.1 Å². The van der Waals surface area contributed by atoms with Crippen LogP contribution in [-0.2, 0) is 19.1 Å². The van der Waals surface area contributed by atoms with Gasteiger partial charge in [-0.2, -0.15) is 0 Å². The van der Waals surface area contributed by atoms with Gasteiger partial charge in [-0.1, -0.05) is 6.92 Å². The van der Waals surface area contributed by atoms with Crippen molar-refractivity contribution in [1.29, 1.82) is 0 Å². The number of aldehydes is 1. The average Bonchev–Trinajstić information content (AvgIpc) is 2.10. The van der Waals surface area contributed by atoms with Gasteiger partial charge in [-0.25, -0.2) is 0 Å². The van der Waals surface area contributed by atoms with Gasteiger partial charge >= 0.3 is 5.97 Å². The van der Waals surface area contributed by atoms with Crippen molar-refractivity contribution in [2.75, 3.05) is 6.54 Å². The molecule has 1 amide bonds. The number of esters is 1. The van der Waals surface area contributed by atoms with Gasteiger partial charge in [0.15, 0.2) is 12.4 Å². The maximum atomic E-state index is 10.8. The summed E-state index contributed by atoms with van der Waals surface area (Å²) < 4.78 is 4.57. The van der Waals surface area contributed by atoms with E-state index in [0.29, 0.717) is 12.7 Å². The highest BCUT2D eigenvalue weighted by molar-refractivity contribution is 5.76. The maximum Gasteiger partial charge on any atom is 0.303 e. The summed E-state index contributed by atoms with van der Waals surface area (Å²) in [6, 6.07) is 0. The molecule has 0 spiro atoms. The molecule has 0 saturated heterocycles. The van der Waals surface area contributed by atoms with Crippen LogP contribution >= 0.6 is 0 Å². The highest BCUT2D eigenvalue weighted by atomic mass is 16.5. The van der Waals surface area contributed by atoms with Crippen LogP contribution < -0.4 is 5.32 Å². The molecule has 1 atom stereocenters. The quantitative estimate of drug-likeness (QED) is 0.471. The van der Waals surface area contributed by atoms with E-state index < -0.39 is 12.1 Å². The smallest absolute Gasteiger partial charge is 0.303 e. The topological polar surface area (TPSA) is 72.5 Å². The number of amides is 1. The van der Waals surface area contributed by atoms with E-state index in [1.807, 2.05) is 0 Å². The summed E-state index contributed by atoms with van der Waals surface area (Å²) in [6.07, 6.45) is -0.0591. The summed E-state index contributed by atoms with van der Waals surface area (Å²) in [4.78, 5) is 31.5. The summed E-state index contributed by atoms with van der Waals surface area (Å²) in [5.41, 5.74) is 0. The van der Waals surface area contributed by atoms with Gasteiger partial charge in [0.2, 0.25) is 5.91 Å². The Hall–Kier alpha value is -1.39. The van der Waals surface area contributed by atoms with Gasteiger partial charge in [-0.05, 0) is 0 Å². The molecule has 0 aromatic rings. The van der Waals surface area contributed by atoms with Crippen LogP contribution in [0.3, 0.4) is 0 Å². The highest BCUT2D eigenvalue weighted by Gasteiger charge is 2.10. The second-order valence-corrected chi connectivity index (χ2v) is 2.44. The summed E-state index contributed by atoms with van der Waals surface area (Å²) >= 11 is 0. The van der Waals surface area contributed by atoms with Crippen LogP contribution in [0.15, 0.2) is 0 Å². The second kappa shape index (κ2) is 6.16. The minimum atomic E-state index is -0.881. The molecule has 0 rings (SSSR count). The van der Waals surface area contributed by atoms with E-state index in [4.69, 9.17) is 0 Å². The molecule has 0 heterocycles. The fourth-order valence-corrected chi connectivity index (χ4v) is 0.670. The van der Waals surface area contributed by atoms with Gasteiger partial charge in [0.05, 0.1) is 6.54 Å². The van der Waals surface area contributed by atoms with Gasteiger partial charge in [0.1, 0.15) is 0 Å². The minimum absolute atomic E-state index is 0.0375. The van der Waals surface area contributed by atoms with Crippen molar-refractivity contribution < 1.29 is 19.1 Å². The van der Waals surface area contributed by atoms with Crippen molar-refractivity contribution >= 4 is 18.2 Å². The van der Waals surface area contributed by atoms with Crippen molar-refractivity contribution in [1.82, 2.24) is 5.32 Å². The van der Waals surface area contributed by atoms with Crippen molar-refractivity contribution in [2.45, 2.75) is 26.4 Å². The number of ether oxygens (including phenoxy) is 1. The Balaban J connectivity index is 3.78. The fourth-order valence-electron chi connectivity index (χ4n) is 0.670. The van der Waals surface area contributed by atoms with Crippen molar-refractivity contribution in [2.24, 2.45) is 0 Å². The minimum Gasteiger partial charge on any atom is -0.453 e. The molecule has 0 radical (unpaired) electrons. The van der Waals surface area contributed by atoms with Gasteiger partial charge in [-0.3, -0.25) is 14.4 Å². The highest BCUT2D eigenvalue weighted by Crippen LogP contribution is 1.87. The molecule has 0 aromatic carbocycles. The molecule has 0 saturated carbocycles. The summed E-state index contributed by atoms with van der Waals surface area (Å²) in [5.74, 6) is -0.721. The predicted molar refractivity (Wildman–Crippen MR) is 44.9 cm³/mol. The van der Waals surface area contributed by atoms with Crippen LogP contribution in [0.1, 0.15) is 20.3 Å². The number of nitrogens with one attached hydrogen (secondary N) is 1. The number of hydrogen-bond donors (Lipinski definition) is 1. The molecular formula is C8H13NO4. The van der Waals surface area contributed by atoms with Crippen LogP contribution in [0, 0.1) is 0 Å². The normalized spacial score (nSPS) is 11.5. The molecule has 0 aromatic heterocycles. The van der Waals surface area contributed by atoms with Crippen LogP contribution in [0.2, 0.25) is 0 Å². The molecule has 0 aliphatic rings. The monoisotopic (exact) mass is 187 g/mol. The second-order valence-electron chi connectivity index (χ2n) is 2.44. The zero-order valence-electron chi connectivity index (χ0n) is 7.70. The lowest BCUT2D eigenvalue weighted by Crippen LogP contribution is -2.35. The van der Waals surface area contributed by atoms with E-state index in [1.54, 1.807) is 6.92 Å². The Morgan fingerprint density at radius 2 is 2.15 bits per heavy atom. The summed E-state index contributed by atoms with van der Waals surface area (Å²) in [7, 11) is 0. The fraction of sp³-hybridized carbons (Fsp3) is 0.625. The Morgan fingerprint density at radius 1 is 1.54 bits per heavy atom. The largest absolute Gasteiger partial charge is 0.453 e. The first kappa shape index (κ1) is 11.6. The Morgan fingerprint density at radius 3 is 2.54 bits per heavy atom. The van der Waals surface area contributed by atoms with Gasteiger partial charge in [0.25, 0.3) is 0 Å². The van der Waals surface area contributed by atoms with Crippen LogP contribution in [0.4, 0.5) is 0 Å². The van der Waals surface area contributed by atoms with Crippen molar-refractivity contribution in [3.8, 4) is 0 Å². The Kier molecular flexibility index (Phi) is 5.50. The molecule has 0 bridgehead atoms. The third-order valence-corrected chi connectivity index (χ3v) is 1.29. The zero-order chi connectivity index (χ0) is 10.3. The first-order valence-electron chi connectivity index (χ1n) is 3.99. The predicted octanol–water partition coefficient (Wildman–Crippen LogP) is -0.357. The maximum absolute atomic E-state index is 10.8. The van der Waals surface area contributed by atoms with E-state index >= 15 is 0 Å². The summed E-state index contributed by atoms with van der Waals surface area (Å²) in [5, 5.41) is 2.44. The van der Waals surface area contributed by atoms with Crippen LogP contribution in [-0.4, -0.2) is 30.8 Å². The zero-order valence-corrected chi connectivity index (χ0v) is 7.70. The van der Waals surface area contributed by atoms with Crippen molar-refractivity contribution in [3.05, 3.63) is 0 Å². The van der Waals surface area contributed by atoms with E-state index in [0.717, 1.165) is 0 Å². The van der Waals surface area contributed by atoms with E-state index in [-0.39, 0.29) is 12.5 Å².